The van der Waals surface area contributed by atoms with Crippen LogP contribution >= 0.6 is 0 Å². The molecule has 0 bridgehead atoms. The van der Waals surface area contributed by atoms with Gasteiger partial charge in [-0.15, -0.1) is 0 Å². The van der Waals surface area contributed by atoms with E-state index in [1.165, 1.54) is 0 Å². The van der Waals surface area contributed by atoms with Gasteiger partial charge in [0.1, 0.15) is 23.9 Å². The average molecular weight is 274 g/mol. The summed E-state index contributed by atoms with van der Waals surface area (Å²) >= 11 is 0. The van der Waals surface area contributed by atoms with Crippen molar-refractivity contribution in [1.29, 1.82) is 0 Å². The second kappa shape index (κ2) is 3.90. The van der Waals surface area contributed by atoms with Crippen molar-refractivity contribution in [2.45, 2.75) is 76.4 Å². The van der Waals surface area contributed by atoms with Crippen molar-refractivity contribution < 1.29 is 28.8 Å². The Balaban J connectivity index is 1.77. The van der Waals surface area contributed by atoms with Crippen molar-refractivity contribution >= 4 is 0 Å². The van der Waals surface area contributed by atoms with E-state index in [0.717, 1.165) is 0 Å². The standard InChI is InChI=1S/C13H22O6/c1-11(2)15-6-7(17-11)8-13(5,14)9-10(16-8)19-12(3,4)18-9/h7-10,14H,6H2,1-5H3/t7?,8-,9+,10-,13+/m1/s1. The van der Waals surface area contributed by atoms with Gasteiger partial charge in [-0.25, -0.2) is 0 Å². The van der Waals surface area contributed by atoms with Gasteiger partial charge in [0.25, 0.3) is 0 Å². The Morgan fingerprint density at radius 3 is 2.11 bits per heavy atom. The highest BCUT2D eigenvalue weighted by atomic mass is 16.8. The molecule has 3 rings (SSSR count). The van der Waals surface area contributed by atoms with E-state index < -0.39 is 35.7 Å². The van der Waals surface area contributed by atoms with Crippen molar-refractivity contribution in [3.63, 3.8) is 0 Å². The van der Waals surface area contributed by atoms with Crippen LogP contribution in [0.5, 0.6) is 0 Å². The third kappa shape index (κ3) is 2.20. The molecule has 0 spiro atoms. The molecular formula is C13H22O6. The molecule has 0 radical (unpaired) electrons. The summed E-state index contributed by atoms with van der Waals surface area (Å²) < 4.78 is 28.5. The minimum absolute atomic E-state index is 0.328. The molecular weight excluding hydrogens is 252 g/mol. The lowest BCUT2D eigenvalue weighted by Crippen LogP contribution is -2.51. The average Bonchev–Trinajstić information content (AvgIpc) is 2.80. The lowest BCUT2D eigenvalue weighted by atomic mass is 9.91. The van der Waals surface area contributed by atoms with E-state index in [0.29, 0.717) is 6.61 Å². The molecule has 3 heterocycles. The maximum absolute atomic E-state index is 10.7. The summed E-state index contributed by atoms with van der Waals surface area (Å²) in [6.45, 7) is 9.37. The van der Waals surface area contributed by atoms with Gasteiger partial charge in [0.15, 0.2) is 17.9 Å². The Hall–Kier alpha value is -0.240. The third-order valence-electron chi connectivity index (χ3n) is 3.86. The summed E-state index contributed by atoms with van der Waals surface area (Å²) in [5, 5.41) is 10.7. The van der Waals surface area contributed by atoms with Gasteiger partial charge in [0.05, 0.1) is 6.61 Å². The predicted molar refractivity (Wildman–Crippen MR) is 64.2 cm³/mol. The van der Waals surface area contributed by atoms with E-state index in [-0.39, 0.29) is 6.10 Å². The van der Waals surface area contributed by atoms with Crippen LogP contribution in [0.25, 0.3) is 0 Å². The molecule has 3 saturated heterocycles. The van der Waals surface area contributed by atoms with Crippen molar-refractivity contribution in [2.75, 3.05) is 6.61 Å². The molecule has 5 atom stereocenters. The number of aliphatic hydroxyl groups is 1. The molecule has 0 saturated carbocycles. The van der Waals surface area contributed by atoms with Crippen LogP contribution in [0.3, 0.4) is 0 Å². The fourth-order valence-electron chi connectivity index (χ4n) is 3.00. The Bertz CT molecular complexity index is 377. The van der Waals surface area contributed by atoms with Gasteiger partial charge in [0.2, 0.25) is 0 Å². The highest BCUT2D eigenvalue weighted by molar-refractivity contribution is 5.06. The molecule has 0 amide bonds. The van der Waals surface area contributed by atoms with E-state index in [1.807, 2.05) is 13.8 Å². The summed E-state index contributed by atoms with van der Waals surface area (Å²) in [5.74, 6) is -1.39. The Kier molecular flexibility index (Phi) is 2.82. The Morgan fingerprint density at radius 2 is 1.58 bits per heavy atom. The number of hydrogen-bond donors (Lipinski definition) is 1. The van der Waals surface area contributed by atoms with Crippen molar-refractivity contribution in [3.8, 4) is 0 Å². The lowest BCUT2D eigenvalue weighted by molar-refractivity contribution is -0.245. The molecule has 6 heteroatoms. The zero-order valence-electron chi connectivity index (χ0n) is 12.0. The SMILES string of the molecule is CC1(C)OCC([C@H]2O[C@@H]3OC(C)(C)O[C@@H]3[C@@]2(C)O)O1. The normalized spacial score (nSPS) is 51.5. The van der Waals surface area contributed by atoms with Gasteiger partial charge >= 0.3 is 0 Å². The van der Waals surface area contributed by atoms with E-state index in [1.54, 1.807) is 20.8 Å². The minimum atomic E-state index is -1.17. The fourth-order valence-corrected chi connectivity index (χ4v) is 3.00. The second-order valence-electron chi connectivity index (χ2n) is 6.57. The first-order valence-corrected chi connectivity index (χ1v) is 6.66. The second-order valence-corrected chi connectivity index (χ2v) is 6.57. The number of ether oxygens (including phenoxy) is 5. The van der Waals surface area contributed by atoms with Crippen LogP contribution in [0.2, 0.25) is 0 Å². The smallest absolute Gasteiger partial charge is 0.190 e. The van der Waals surface area contributed by atoms with E-state index in [4.69, 9.17) is 23.7 Å². The summed E-state index contributed by atoms with van der Waals surface area (Å²) in [5.41, 5.74) is -1.17. The number of fused-ring (bicyclic) bond motifs is 1. The van der Waals surface area contributed by atoms with Crippen molar-refractivity contribution in [1.82, 2.24) is 0 Å². The predicted octanol–water partition coefficient (Wildman–Crippen LogP) is 0.765. The van der Waals surface area contributed by atoms with Gasteiger partial charge in [0, 0.05) is 0 Å². The molecule has 1 N–H and O–H groups in total. The van der Waals surface area contributed by atoms with E-state index in [9.17, 15) is 5.11 Å². The Morgan fingerprint density at radius 1 is 0.895 bits per heavy atom. The molecule has 0 aromatic rings. The number of rotatable bonds is 1. The molecule has 110 valence electrons. The molecule has 3 fully saturated rings. The van der Waals surface area contributed by atoms with Crippen molar-refractivity contribution in [3.05, 3.63) is 0 Å². The largest absolute Gasteiger partial charge is 0.384 e. The lowest BCUT2D eigenvalue weighted by Gasteiger charge is -2.33. The molecule has 1 unspecified atom stereocenters. The molecule has 0 aromatic heterocycles. The topological polar surface area (TPSA) is 66.4 Å². The first-order chi connectivity index (χ1) is 8.61. The number of hydrogen-bond acceptors (Lipinski definition) is 6. The van der Waals surface area contributed by atoms with Crippen LogP contribution in [0.15, 0.2) is 0 Å². The summed E-state index contributed by atoms with van der Waals surface area (Å²) in [4.78, 5) is 0. The summed E-state index contributed by atoms with van der Waals surface area (Å²) in [6.07, 6.45) is -1.94. The first kappa shape index (κ1) is 13.7. The highest BCUT2D eigenvalue weighted by Crippen LogP contribution is 2.45. The summed E-state index contributed by atoms with van der Waals surface area (Å²) in [6, 6.07) is 0. The van der Waals surface area contributed by atoms with Crippen LogP contribution in [-0.4, -0.2) is 53.5 Å². The monoisotopic (exact) mass is 274 g/mol. The van der Waals surface area contributed by atoms with Gasteiger partial charge in [-0.05, 0) is 34.6 Å². The molecule has 3 aliphatic rings. The zero-order chi connectivity index (χ0) is 14.1. The van der Waals surface area contributed by atoms with Crippen LogP contribution in [0.1, 0.15) is 34.6 Å². The van der Waals surface area contributed by atoms with Crippen LogP contribution < -0.4 is 0 Å². The first-order valence-electron chi connectivity index (χ1n) is 6.66. The molecule has 0 aromatic carbocycles. The molecule has 19 heavy (non-hydrogen) atoms. The third-order valence-corrected chi connectivity index (χ3v) is 3.86. The Labute approximate surface area is 112 Å². The van der Waals surface area contributed by atoms with E-state index in [2.05, 4.69) is 0 Å². The maximum atomic E-state index is 10.7. The quantitative estimate of drug-likeness (QED) is 0.761. The maximum Gasteiger partial charge on any atom is 0.190 e. The highest BCUT2D eigenvalue weighted by Gasteiger charge is 2.63. The van der Waals surface area contributed by atoms with Crippen LogP contribution in [-0.2, 0) is 23.7 Å². The summed E-state index contributed by atoms with van der Waals surface area (Å²) in [7, 11) is 0. The van der Waals surface area contributed by atoms with Gasteiger partial charge in [-0.2, -0.15) is 0 Å². The van der Waals surface area contributed by atoms with Crippen LogP contribution in [0, 0.1) is 0 Å². The molecule has 3 aliphatic heterocycles. The van der Waals surface area contributed by atoms with Gasteiger partial charge < -0.3 is 28.8 Å². The van der Waals surface area contributed by atoms with Gasteiger partial charge in [-0.1, -0.05) is 0 Å². The molecule has 6 nitrogen and oxygen atoms in total. The fraction of sp³-hybridized carbons (Fsp3) is 1.00. The zero-order valence-corrected chi connectivity index (χ0v) is 12.0. The van der Waals surface area contributed by atoms with Crippen molar-refractivity contribution in [2.24, 2.45) is 0 Å². The van der Waals surface area contributed by atoms with Crippen LogP contribution in [0.4, 0.5) is 0 Å². The molecule has 0 aliphatic carbocycles. The minimum Gasteiger partial charge on any atom is -0.384 e. The van der Waals surface area contributed by atoms with E-state index >= 15 is 0 Å². The van der Waals surface area contributed by atoms with Gasteiger partial charge in [-0.3, -0.25) is 0 Å².